The first-order chi connectivity index (χ1) is 7.58. The summed E-state index contributed by atoms with van der Waals surface area (Å²) in [6.45, 7) is 0. The van der Waals surface area contributed by atoms with Gasteiger partial charge in [0.25, 0.3) is 10.0 Å². The fourth-order valence-corrected chi connectivity index (χ4v) is 5.40. The zero-order chi connectivity index (χ0) is 11.6. The molecule has 1 saturated carbocycles. The molecule has 6 heteroatoms. The Morgan fingerprint density at radius 3 is 2.62 bits per heavy atom. The molecule has 0 amide bonds. The molecular weight excluding hydrogens is 310 g/mol. The minimum atomic E-state index is -3.33. The van der Waals surface area contributed by atoms with E-state index in [0.29, 0.717) is 9.54 Å². The van der Waals surface area contributed by atoms with Crippen molar-refractivity contribution in [2.75, 3.05) is 5.33 Å². The summed E-state index contributed by atoms with van der Waals surface area (Å²) in [7, 11) is -3.33. The van der Waals surface area contributed by atoms with Gasteiger partial charge in [0.1, 0.15) is 4.21 Å². The van der Waals surface area contributed by atoms with Crippen LogP contribution >= 0.6 is 27.3 Å². The van der Waals surface area contributed by atoms with Gasteiger partial charge in [0.15, 0.2) is 0 Å². The number of nitrogens with one attached hydrogen (secondary N) is 1. The van der Waals surface area contributed by atoms with Crippen molar-refractivity contribution in [1.29, 1.82) is 0 Å². The van der Waals surface area contributed by atoms with Crippen LogP contribution < -0.4 is 4.72 Å². The molecule has 3 nitrogen and oxygen atoms in total. The third kappa shape index (κ3) is 2.50. The lowest BCUT2D eigenvalue weighted by Crippen LogP contribution is -2.47. The molecule has 0 radical (unpaired) electrons. The summed E-state index contributed by atoms with van der Waals surface area (Å²) < 4.78 is 27.4. The number of hydrogen-bond donors (Lipinski definition) is 1. The van der Waals surface area contributed by atoms with Crippen LogP contribution in [0.4, 0.5) is 0 Å². The van der Waals surface area contributed by atoms with Crippen molar-refractivity contribution in [2.45, 2.75) is 35.4 Å². The van der Waals surface area contributed by atoms with Crippen LogP contribution in [0.15, 0.2) is 21.7 Å². The highest BCUT2D eigenvalue weighted by Gasteiger charge is 2.37. The molecule has 1 aliphatic carbocycles. The SMILES string of the molecule is O=S(=O)(NC1(CBr)CCCC1)c1cccs1. The monoisotopic (exact) mass is 323 g/mol. The van der Waals surface area contributed by atoms with Gasteiger partial charge in [-0.3, -0.25) is 0 Å². The van der Waals surface area contributed by atoms with Crippen LogP contribution in [0.2, 0.25) is 0 Å². The fraction of sp³-hybridized carbons (Fsp3) is 0.600. The Morgan fingerprint density at radius 1 is 1.44 bits per heavy atom. The summed E-state index contributed by atoms with van der Waals surface area (Å²) in [4.78, 5) is 0. The summed E-state index contributed by atoms with van der Waals surface area (Å²) >= 11 is 4.68. The average molecular weight is 324 g/mol. The molecule has 1 aliphatic rings. The highest BCUT2D eigenvalue weighted by atomic mass is 79.9. The van der Waals surface area contributed by atoms with Crippen molar-refractivity contribution < 1.29 is 8.42 Å². The van der Waals surface area contributed by atoms with E-state index in [9.17, 15) is 8.42 Å². The second-order valence-electron chi connectivity index (χ2n) is 4.16. The van der Waals surface area contributed by atoms with Gasteiger partial charge in [-0.15, -0.1) is 11.3 Å². The van der Waals surface area contributed by atoms with Crippen molar-refractivity contribution in [3.8, 4) is 0 Å². The molecule has 2 rings (SSSR count). The Hall–Kier alpha value is 0.0900. The van der Waals surface area contributed by atoms with Crippen molar-refractivity contribution in [3.05, 3.63) is 17.5 Å². The third-order valence-electron chi connectivity index (χ3n) is 2.93. The molecule has 0 aliphatic heterocycles. The molecule has 1 aromatic rings. The Bertz CT molecular complexity index is 435. The van der Waals surface area contributed by atoms with Gasteiger partial charge in [0.05, 0.1) is 0 Å². The molecule has 0 atom stereocenters. The molecular formula is C10H14BrNO2S2. The summed E-state index contributed by atoms with van der Waals surface area (Å²) in [5.41, 5.74) is -0.275. The zero-order valence-corrected chi connectivity index (χ0v) is 12.0. The summed E-state index contributed by atoms with van der Waals surface area (Å²) in [6, 6.07) is 3.40. The zero-order valence-electron chi connectivity index (χ0n) is 8.78. The van der Waals surface area contributed by atoms with Gasteiger partial charge >= 0.3 is 0 Å². The summed E-state index contributed by atoms with van der Waals surface area (Å²) in [5.74, 6) is 0. The standard InChI is InChI=1S/C10H14BrNO2S2/c11-8-10(5-1-2-6-10)12-16(13,14)9-4-3-7-15-9/h3-4,7,12H,1-2,5-6,8H2. The number of rotatable bonds is 4. The Labute approximate surface area is 108 Å². The molecule has 1 fully saturated rings. The molecule has 1 aromatic heterocycles. The van der Waals surface area contributed by atoms with Crippen molar-refractivity contribution in [3.63, 3.8) is 0 Å². The number of sulfonamides is 1. The van der Waals surface area contributed by atoms with Crippen molar-refractivity contribution >= 4 is 37.3 Å². The fourth-order valence-electron chi connectivity index (χ4n) is 2.07. The molecule has 0 saturated heterocycles. The maximum atomic E-state index is 12.1. The van der Waals surface area contributed by atoms with E-state index >= 15 is 0 Å². The molecule has 0 aromatic carbocycles. The first-order valence-electron chi connectivity index (χ1n) is 5.21. The lowest BCUT2D eigenvalue weighted by Gasteiger charge is -2.27. The van der Waals surface area contributed by atoms with Gasteiger partial charge in [0.2, 0.25) is 0 Å². The quantitative estimate of drug-likeness (QED) is 0.866. The number of alkyl halides is 1. The lowest BCUT2D eigenvalue weighted by molar-refractivity contribution is 0.438. The Kier molecular flexibility index (Phi) is 3.73. The molecule has 1 N–H and O–H groups in total. The summed E-state index contributed by atoms with van der Waals surface area (Å²) in [6.07, 6.45) is 4.03. The average Bonchev–Trinajstić information content (AvgIpc) is 2.87. The van der Waals surface area contributed by atoms with Crippen LogP contribution in [0.5, 0.6) is 0 Å². The predicted octanol–water partition coefficient (Wildman–Crippen LogP) is 2.73. The van der Waals surface area contributed by atoms with E-state index in [1.165, 1.54) is 11.3 Å². The van der Waals surface area contributed by atoms with E-state index in [1.54, 1.807) is 17.5 Å². The van der Waals surface area contributed by atoms with Gasteiger partial charge in [0, 0.05) is 10.9 Å². The van der Waals surface area contributed by atoms with Gasteiger partial charge in [-0.1, -0.05) is 34.8 Å². The van der Waals surface area contributed by atoms with Crippen LogP contribution in [-0.4, -0.2) is 19.3 Å². The molecule has 1 heterocycles. The van der Waals surface area contributed by atoms with Crippen LogP contribution in [0.25, 0.3) is 0 Å². The molecule has 90 valence electrons. The third-order valence-corrected chi connectivity index (χ3v) is 6.98. The molecule has 0 spiro atoms. The first-order valence-corrected chi connectivity index (χ1v) is 8.70. The number of halogens is 1. The van der Waals surface area contributed by atoms with E-state index < -0.39 is 10.0 Å². The number of thiophene rings is 1. The number of hydrogen-bond acceptors (Lipinski definition) is 3. The second-order valence-corrected chi connectivity index (χ2v) is 7.58. The van der Waals surface area contributed by atoms with E-state index in [4.69, 9.17) is 0 Å². The largest absolute Gasteiger partial charge is 0.250 e. The molecule has 16 heavy (non-hydrogen) atoms. The summed E-state index contributed by atoms with van der Waals surface area (Å²) in [5, 5.41) is 2.47. The normalized spacial score (nSPS) is 20.1. The second kappa shape index (κ2) is 4.76. The highest BCUT2D eigenvalue weighted by Crippen LogP contribution is 2.33. The topological polar surface area (TPSA) is 46.2 Å². The smallest absolute Gasteiger partial charge is 0.206 e. The first kappa shape index (κ1) is 12.5. The lowest BCUT2D eigenvalue weighted by atomic mass is 10.0. The minimum Gasteiger partial charge on any atom is -0.206 e. The van der Waals surface area contributed by atoms with Crippen molar-refractivity contribution in [2.24, 2.45) is 0 Å². The molecule has 0 unspecified atom stereocenters. The Balaban J connectivity index is 2.20. The van der Waals surface area contributed by atoms with E-state index in [0.717, 1.165) is 25.7 Å². The van der Waals surface area contributed by atoms with E-state index in [1.807, 2.05) is 0 Å². The minimum absolute atomic E-state index is 0.275. The van der Waals surface area contributed by atoms with Crippen LogP contribution in [0, 0.1) is 0 Å². The van der Waals surface area contributed by atoms with Gasteiger partial charge in [-0.2, -0.15) is 0 Å². The predicted molar refractivity (Wildman–Crippen MR) is 69.6 cm³/mol. The van der Waals surface area contributed by atoms with Gasteiger partial charge in [-0.25, -0.2) is 13.1 Å². The van der Waals surface area contributed by atoms with Crippen LogP contribution in [0.3, 0.4) is 0 Å². The van der Waals surface area contributed by atoms with Crippen LogP contribution in [0.1, 0.15) is 25.7 Å². The molecule has 0 bridgehead atoms. The van der Waals surface area contributed by atoms with E-state index in [2.05, 4.69) is 20.7 Å². The maximum absolute atomic E-state index is 12.1. The van der Waals surface area contributed by atoms with Gasteiger partial charge < -0.3 is 0 Å². The Morgan fingerprint density at radius 2 is 2.12 bits per heavy atom. The van der Waals surface area contributed by atoms with Crippen LogP contribution in [-0.2, 0) is 10.0 Å². The van der Waals surface area contributed by atoms with Gasteiger partial charge in [-0.05, 0) is 24.3 Å². The van der Waals surface area contributed by atoms with Crippen molar-refractivity contribution in [1.82, 2.24) is 4.72 Å². The van der Waals surface area contributed by atoms with E-state index in [-0.39, 0.29) is 5.54 Å². The maximum Gasteiger partial charge on any atom is 0.250 e. The highest BCUT2D eigenvalue weighted by molar-refractivity contribution is 9.09.